The molecule has 1 saturated heterocycles. The predicted octanol–water partition coefficient (Wildman–Crippen LogP) is 2.11. The topological polar surface area (TPSA) is 96.0 Å². The van der Waals surface area contributed by atoms with Gasteiger partial charge in [-0.3, -0.25) is 14.3 Å². The molecule has 0 aliphatic carbocycles. The number of ether oxygens (including phenoxy) is 1. The van der Waals surface area contributed by atoms with Gasteiger partial charge in [-0.05, 0) is 36.8 Å². The van der Waals surface area contributed by atoms with Crippen molar-refractivity contribution in [1.29, 1.82) is 0 Å². The van der Waals surface area contributed by atoms with Crippen LogP contribution in [0.4, 0.5) is 5.69 Å². The number of sulfonamides is 1. The van der Waals surface area contributed by atoms with Gasteiger partial charge < -0.3 is 14.5 Å². The number of aryl methyl sites for hydroxylation is 1. The molecule has 2 amide bonds. The molecule has 0 bridgehead atoms. The van der Waals surface area contributed by atoms with Gasteiger partial charge in [-0.15, -0.1) is 0 Å². The maximum Gasteiger partial charge on any atom is 0.262 e. The van der Waals surface area contributed by atoms with E-state index in [2.05, 4.69) is 4.72 Å². The number of anilines is 1. The summed E-state index contributed by atoms with van der Waals surface area (Å²) < 4.78 is 33.8. The fraction of sp³-hybridized carbons (Fsp3) is 0.333. The number of amides is 2. The van der Waals surface area contributed by atoms with Crippen molar-refractivity contribution in [3.05, 3.63) is 53.6 Å². The minimum Gasteiger partial charge on any atom is -0.495 e. The minimum absolute atomic E-state index is 0.0202. The van der Waals surface area contributed by atoms with Crippen molar-refractivity contribution in [3.63, 3.8) is 0 Å². The van der Waals surface area contributed by atoms with Gasteiger partial charge in [-0.2, -0.15) is 0 Å². The van der Waals surface area contributed by atoms with Crippen LogP contribution in [-0.4, -0.2) is 63.3 Å². The maximum absolute atomic E-state index is 13.0. The molecular weight excluding hydrogens is 406 g/mol. The van der Waals surface area contributed by atoms with Crippen LogP contribution in [0.25, 0.3) is 0 Å². The van der Waals surface area contributed by atoms with Crippen molar-refractivity contribution < 1.29 is 22.7 Å². The zero-order chi connectivity index (χ0) is 21.9. The largest absolute Gasteiger partial charge is 0.495 e. The van der Waals surface area contributed by atoms with Gasteiger partial charge in [0.1, 0.15) is 5.75 Å². The van der Waals surface area contributed by atoms with Crippen LogP contribution < -0.4 is 9.46 Å². The Morgan fingerprint density at radius 3 is 2.27 bits per heavy atom. The van der Waals surface area contributed by atoms with Crippen LogP contribution in [0.15, 0.2) is 47.4 Å². The van der Waals surface area contributed by atoms with Crippen LogP contribution in [0, 0.1) is 6.92 Å². The number of methoxy groups -OCH3 is 1. The number of piperazine rings is 1. The predicted molar refractivity (Wildman–Crippen MR) is 113 cm³/mol. The van der Waals surface area contributed by atoms with Gasteiger partial charge in [0.05, 0.1) is 17.7 Å². The Labute approximate surface area is 176 Å². The second-order valence-electron chi connectivity index (χ2n) is 7.08. The van der Waals surface area contributed by atoms with Crippen LogP contribution in [-0.2, 0) is 14.8 Å². The Hall–Kier alpha value is -3.07. The summed E-state index contributed by atoms with van der Waals surface area (Å²) in [7, 11) is -2.48. The van der Waals surface area contributed by atoms with Crippen molar-refractivity contribution in [3.8, 4) is 5.75 Å². The fourth-order valence-electron chi connectivity index (χ4n) is 3.36. The van der Waals surface area contributed by atoms with Crippen molar-refractivity contribution in [2.24, 2.45) is 0 Å². The first kappa shape index (κ1) is 21.6. The van der Waals surface area contributed by atoms with E-state index in [0.29, 0.717) is 43.2 Å². The molecule has 0 radical (unpaired) electrons. The van der Waals surface area contributed by atoms with E-state index in [4.69, 9.17) is 4.74 Å². The van der Waals surface area contributed by atoms with Gasteiger partial charge in [0.2, 0.25) is 5.91 Å². The SMILES string of the molecule is COc1ccccc1NS(=O)(=O)c1cc(C(=O)N2CCN(C(C)=O)CC2)ccc1C. The Kier molecular flexibility index (Phi) is 6.31. The Morgan fingerprint density at radius 1 is 1.00 bits per heavy atom. The molecule has 1 fully saturated rings. The van der Waals surface area contributed by atoms with Gasteiger partial charge in [-0.25, -0.2) is 8.42 Å². The van der Waals surface area contributed by atoms with E-state index in [-0.39, 0.29) is 22.3 Å². The molecule has 0 atom stereocenters. The lowest BCUT2D eigenvalue weighted by Crippen LogP contribution is -2.50. The first-order chi connectivity index (χ1) is 14.2. The summed E-state index contributed by atoms with van der Waals surface area (Å²) in [4.78, 5) is 27.7. The smallest absolute Gasteiger partial charge is 0.262 e. The number of benzene rings is 2. The van der Waals surface area contributed by atoms with Crippen LogP contribution in [0.5, 0.6) is 5.75 Å². The van der Waals surface area contributed by atoms with Gasteiger partial charge >= 0.3 is 0 Å². The Morgan fingerprint density at radius 2 is 1.63 bits per heavy atom. The van der Waals surface area contributed by atoms with E-state index in [9.17, 15) is 18.0 Å². The molecule has 0 unspecified atom stereocenters. The van der Waals surface area contributed by atoms with E-state index in [1.165, 1.54) is 20.1 Å². The highest BCUT2D eigenvalue weighted by atomic mass is 32.2. The highest BCUT2D eigenvalue weighted by Gasteiger charge is 2.25. The van der Waals surface area contributed by atoms with E-state index in [1.54, 1.807) is 53.1 Å². The zero-order valence-electron chi connectivity index (χ0n) is 17.2. The number of nitrogens with zero attached hydrogens (tertiary/aromatic N) is 2. The van der Waals surface area contributed by atoms with Crippen molar-refractivity contribution >= 4 is 27.5 Å². The molecule has 9 heteroatoms. The summed E-state index contributed by atoms with van der Waals surface area (Å²) in [5, 5.41) is 0. The highest BCUT2D eigenvalue weighted by molar-refractivity contribution is 7.92. The molecular formula is C21H25N3O5S. The van der Waals surface area contributed by atoms with E-state index in [1.807, 2.05) is 0 Å². The molecule has 1 N–H and O–H groups in total. The number of para-hydroxylation sites is 2. The monoisotopic (exact) mass is 431 g/mol. The minimum atomic E-state index is -3.94. The number of carbonyl (C=O) groups is 2. The summed E-state index contributed by atoms with van der Waals surface area (Å²) in [5.74, 6) is 0.120. The molecule has 0 spiro atoms. The first-order valence-corrected chi connectivity index (χ1v) is 11.0. The second-order valence-corrected chi connectivity index (χ2v) is 8.74. The van der Waals surface area contributed by atoms with E-state index >= 15 is 0 Å². The summed E-state index contributed by atoms with van der Waals surface area (Å²) in [6.45, 7) is 4.93. The van der Waals surface area contributed by atoms with Crippen LogP contribution in [0.1, 0.15) is 22.8 Å². The quantitative estimate of drug-likeness (QED) is 0.782. The van der Waals surface area contributed by atoms with E-state index in [0.717, 1.165) is 0 Å². The fourth-order valence-corrected chi connectivity index (χ4v) is 4.70. The number of rotatable bonds is 5. The average molecular weight is 432 g/mol. The number of hydrogen-bond donors (Lipinski definition) is 1. The lowest BCUT2D eigenvalue weighted by atomic mass is 10.1. The molecule has 0 saturated carbocycles. The number of hydrogen-bond acceptors (Lipinski definition) is 5. The molecule has 2 aromatic carbocycles. The van der Waals surface area contributed by atoms with Crippen LogP contribution in [0.3, 0.4) is 0 Å². The Balaban J connectivity index is 1.84. The molecule has 160 valence electrons. The van der Waals surface area contributed by atoms with Gasteiger partial charge in [0.25, 0.3) is 15.9 Å². The number of nitrogens with one attached hydrogen (secondary N) is 1. The third kappa shape index (κ3) is 4.56. The standard InChI is InChI=1S/C21H25N3O5S/c1-15-8-9-17(21(26)24-12-10-23(11-13-24)16(2)25)14-20(15)30(27,28)22-18-6-4-5-7-19(18)29-3/h4-9,14,22H,10-13H2,1-3H3. The summed E-state index contributed by atoms with van der Waals surface area (Å²) in [6, 6.07) is 11.3. The molecule has 1 aliphatic rings. The second kappa shape index (κ2) is 8.74. The maximum atomic E-state index is 13.0. The lowest BCUT2D eigenvalue weighted by molar-refractivity contribution is -0.130. The molecule has 3 rings (SSSR count). The zero-order valence-corrected chi connectivity index (χ0v) is 18.0. The van der Waals surface area contributed by atoms with Gasteiger partial charge in [0.15, 0.2) is 0 Å². The Bertz CT molecular complexity index is 1060. The number of carbonyl (C=O) groups excluding carboxylic acids is 2. The average Bonchev–Trinajstić information content (AvgIpc) is 2.73. The molecule has 8 nitrogen and oxygen atoms in total. The molecule has 30 heavy (non-hydrogen) atoms. The van der Waals surface area contributed by atoms with Crippen molar-refractivity contribution in [1.82, 2.24) is 9.80 Å². The van der Waals surface area contributed by atoms with Crippen LogP contribution in [0.2, 0.25) is 0 Å². The normalized spacial score (nSPS) is 14.4. The molecule has 0 aromatic heterocycles. The van der Waals surface area contributed by atoms with Crippen LogP contribution >= 0.6 is 0 Å². The van der Waals surface area contributed by atoms with Crippen molar-refractivity contribution in [2.45, 2.75) is 18.7 Å². The molecule has 1 aliphatic heterocycles. The summed E-state index contributed by atoms with van der Waals surface area (Å²) in [5.41, 5.74) is 1.13. The summed E-state index contributed by atoms with van der Waals surface area (Å²) >= 11 is 0. The molecule has 2 aromatic rings. The van der Waals surface area contributed by atoms with Gasteiger partial charge in [0, 0.05) is 38.7 Å². The van der Waals surface area contributed by atoms with E-state index < -0.39 is 10.0 Å². The summed E-state index contributed by atoms with van der Waals surface area (Å²) in [6.07, 6.45) is 0. The van der Waals surface area contributed by atoms with Crippen molar-refractivity contribution in [2.75, 3.05) is 38.0 Å². The third-order valence-corrected chi connectivity index (χ3v) is 6.60. The lowest BCUT2D eigenvalue weighted by Gasteiger charge is -2.34. The molecule has 1 heterocycles. The first-order valence-electron chi connectivity index (χ1n) is 9.54. The highest BCUT2D eigenvalue weighted by Crippen LogP contribution is 2.27. The van der Waals surface area contributed by atoms with Gasteiger partial charge in [-0.1, -0.05) is 18.2 Å². The third-order valence-electron chi connectivity index (χ3n) is 5.09.